The third kappa shape index (κ3) is 2.93. The number of nitrogens with one attached hydrogen (secondary N) is 2. The Morgan fingerprint density at radius 3 is 3.00 bits per heavy atom. The van der Waals surface area contributed by atoms with Crippen molar-refractivity contribution in [1.29, 1.82) is 0 Å². The average Bonchev–Trinajstić information content (AvgIpc) is 2.85. The lowest BCUT2D eigenvalue weighted by Crippen LogP contribution is -2.59. The molecule has 104 valence electrons. The van der Waals surface area contributed by atoms with Crippen LogP contribution in [0.3, 0.4) is 0 Å². The van der Waals surface area contributed by atoms with Crippen molar-refractivity contribution in [2.45, 2.75) is 13.0 Å². The van der Waals surface area contributed by atoms with Crippen molar-refractivity contribution < 1.29 is 9.59 Å². The smallest absolute Gasteiger partial charge is 0.275 e. The number of carbonyl (C=O) groups is 2. The lowest BCUT2D eigenvalue weighted by Gasteiger charge is -2.34. The molecule has 1 aliphatic heterocycles. The molecule has 0 saturated carbocycles. The molecule has 7 nitrogen and oxygen atoms in total. The normalized spacial score (nSPS) is 19.3. The van der Waals surface area contributed by atoms with E-state index in [0.29, 0.717) is 31.9 Å². The lowest BCUT2D eigenvalue weighted by atomic mass is 10.1. The largest absolute Gasteiger partial charge is 0.355 e. The van der Waals surface area contributed by atoms with Crippen LogP contribution in [0.5, 0.6) is 0 Å². The molecule has 0 aliphatic carbocycles. The van der Waals surface area contributed by atoms with Gasteiger partial charge in [0, 0.05) is 39.4 Å². The van der Waals surface area contributed by atoms with E-state index >= 15 is 0 Å². The average molecular weight is 265 g/mol. The SMILES string of the molecule is CCNC(=O)C1CNCCN1C(=O)c1ccn(C)n1. The van der Waals surface area contributed by atoms with Gasteiger partial charge in [0.2, 0.25) is 5.91 Å². The van der Waals surface area contributed by atoms with Gasteiger partial charge in [0.1, 0.15) is 11.7 Å². The molecule has 1 unspecified atom stereocenters. The molecule has 1 aromatic heterocycles. The molecular formula is C12H19N5O2. The summed E-state index contributed by atoms with van der Waals surface area (Å²) >= 11 is 0. The molecule has 1 saturated heterocycles. The van der Waals surface area contributed by atoms with Crippen molar-refractivity contribution in [3.63, 3.8) is 0 Å². The fraction of sp³-hybridized carbons (Fsp3) is 0.583. The van der Waals surface area contributed by atoms with Gasteiger partial charge in [-0.25, -0.2) is 0 Å². The summed E-state index contributed by atoms with van der Waals surface area (Å²) in [5, 5.41) is 9.99. The first-order chi connectivity index (χ1) is 9.13. The van der Waals surface area contributed by atoms with Crippen molar-refractivity contribution >= 4 is 11.8 Å². The van der Waals surface area contributed by atoms with Crippen LogP contribution in [-0.4, -0.2) is 58.7 Å². The van der Waals surface area contributed by atoms with Crippen molar-refractivity contribution in [3.8, 4) is 0 Å². The molecule has 2 N–H and O–H groups in total. The van der Waals surface area contributed by atoms with Gasteiger partial charge in [-0.3, -0.25) is 14.3 Å². The number of hydrogen-bond acceptors (Lipinski definition) is 4. The number of piperazine rings is 1. The number of aromatic nitrogens is 2. The molecular weight excluding hydrogens is 246 g/mol. The van der Waals surface area contributed by atoms with Crippen LogP contribution in [0.1, 0.15) is 17.4 Å². The summed E-state index contributed by atoms with van der Waals surface area (Å²) in [6.45, 7) is 4.09. The highest BCUT2D eigenvalue weighted by Gasteiger charge is 2.33. The maximum absolute atomic E-state index is 12.4. The molecule has 0 aromatic carbocycles. The zero-order valence-corrected chi connectivity index (χ0v) is 11.2. The highest BCUT2D eigenvalue weighted by molar-refractivity contribution is 5.96. The van der Waals surface area contributed by atoms with Gasteiger partial charge < -0.3 is 15.5 Å². The minimum atomic E-state index is -0.469. The lowest BCUT2D eigenvalue weighted by molar-refractivity contribution is -0.126. The van der Waals surface area contributed by atoms with E-state index in [1.807, 2.05) is 6.92 Å². The molecule has 7 heteroatoms. The van der Waals surface area contributed by atoms with Crippen LogP contribution >= 0.6 is 0 Å². The van der Waals surface area contributed by atoms with Crippen molar-refractivity contribution in [1.82, 2.24) is 25.3 Å². The standard InChI is InChI=1S/C12H19N5O2/c1-3-14-11(18)10-8-13-5-7-17(10)12(19)9-4-6-16(2)15-9/h4,6,10,13H,3,5,7-8H2,1-2H3,(H,14,18). The van der Waals surface area contributed by atoms with E-state index in [-0.39, 0.29) is 11.8 Å². The fourth-order valence-corrected chi connectivity index (χ4v) is 2.15. The molecule has 19 heavy (non-hydrogen) atoms. The van der Waals surface area contributed by atoms with Crippen molar-refractivity contribution in [2.75, 3.05) is 26.2 Å². The molecule has 2 rings (SSSR count). The van der Waals surface area contributed by atoms with E-state index in [4.69, 9.17) is 0 Å². The number of hydrogen-bond donors (Lipinski definition) is 2. The van der Waals surface area contributed by atoms with E-state index in [0.717, 1.165) is 0 Å². The Kier molecular flexibility index (Phi) is 4.16. The number of aryl methyl sites for hydroxylation is 1. The third-order valence-electron chi connectivity index (χ3n) is 3.09. The second-order valence-corrected chi connectivity index (χ2v) is 4.49. The van der Waals surface area contributed by atoms with Gasteiger partial charge in [-0.1, -0.05) is 0 Å². The molecule has 1 fully saturated rings. The topological polar surface area (TPSA) is 79.3 Å². The second kappa shape index (κ2) is 5.83. The number of amides is 2. The Hall–Kier alpha value is -1.89. The molecule has 1 aromatic rings. The third-order valence-corrected chi connectivity index (χ3v) is 3.09. The van der Waals surface area contributed by atoms with Crippen molar-refractivity contribution in [2.24, 2.45) is 7.05 Å². The summed E-state index contributed by atoms with van der Waals surface area (Å²) in [6.07, 6.45) is 1.72. The van der Waals surface area contributed by atoms with Crippen LogP contribution in [-0.2, 0) is 11.8 Å². The van der Waals surface area contributed by atoms with E-state index in [9.17, 15) is 9.59 Å². The predicted octanol–water partition coefficient (Wildman–Crippen LogP) is -1.03. The molecule has 2 amide bonds. The highest BCUT2D eigenvalue weighted by atomic mass is 16.2. The van der Waals surface area contributed by atoms with Gasteiger partial charge >= 0.3 is 0 Å². The zero-order valence-electron chi connectivity index (χ0n) is 11.2. The molecule has 0 radical (unpaired) electrons. The summed E-state index contributed by atoms with van der Waals surface area (Å²) in [5.74, 6) is -0.322. The summed E-state index contributed by atoms with van der Waals surface area (Å²) in [4.78, 5) is 25.9. The first-order valence-electron chi connectivity index (χ1n) is 6.42. The van der Waals surface area contributed by atoms with Gasteiger partial charge in [0.05, 0.1) is 0 Å². The minimum Gasteiger partial charge on any atom is -0.355 e. The van der Waals surface area contributed by atoms with E-state index in [2.05, 4.69) is 15.7 Å². The molecule has 2 heterocycles. The van der Waals surface area contributed by atoms with Crippen LogP contribution in [0, 0.1) is 0 Å². The van der Waals surface area contributed by atoms with Gasteiger partial charge in [0.25, 0.3) is 5.91 Å². The Bertz CT molecular complexity index is 470. The molecule has 0 spiro atoms. The van der Waals surface area contributed by atoms with Crippen LogP contribution < -0.4 is 10.6 Å². The maximum atomic E-state index is 12.4. The molecule has 0 bridgehead atoms. The summed E-state index contributed by atoms with van der Waals surface area (Å²) in [6, 6.07) is 1.20. The monoisotopic (exact) mass is 265 g/mol. The quantitative estimate of drug-likeness (QED) is 0.732. The fourth-order valence-electron chi connectivity index (χ4n) is 2.15. The molecule has 1 aliphatic rings. The van der Waals surface area contributed by atoms with Gasteiger partial charge in [-0.05, 0) is 13.0 Å². The minimum absolute atomic E-state index is 0.126. The van der Waals surface area contributed by atoms with E-state index in [1.54, 1.807) is 28.9 Å². The Balaban J connectivity index is 2.15. The van der Waals surface area contributed by atoms with Gasteiger partial charge in [0.15, 0.2) is 0 Å². The number of rotatable bonds is 3. The second-order valence-electron chi connectivity index (χ2n) is 4.49. The first kappa shape index (κ1) is 13.5. The number of likely N-dealkylation sites (N-methyl/N-ethyl adjacent to an activating group) is 1. The van der Waals surface area contributed by atoms with Crippen LogP contribution in [0.2, 0.25) is 0 Å². The highest BCUT2D eigenvalue weighted by Crippen LogP contribution is 2.09. The Morgan fingerprint density at radius 1 is 1.58 bits per heavy atom. The Morgan fingerprint density at radius 2 is 2.37 bits per heavy atom. The van der Waals surface area contributed by atoms with Crippen molar-refractivity contribution in [3.05, 3.63) is 18.0 Å². The Labute approximate surface area is 111 Å². The summed E-state index contributed by atoms with van der Waals surface area (Å²) in [7, 11) is 1.76. The van der Waals surface area contributed by atoms with Crippen LogP contribution in [0.4, 0.5) is 0 Å². The van der Waals surface area contributed by atoms with Crippen LogP contribution in [0.15, 0.2) is 12.3 Å². The van der Waals surface area contributed by atoms with Gasteiger partial charge in [-0.2, -0.15) is 5.10 Å². The van der Waals surface area contributed by atoms with Crippen LogP contribution in [0.25, 0.3) is 0 Å². The first-order valence-corrected chi connectivity index (χ1v) is 6.42. The van der Waals surface area contributed by atoms with E-state index in [1.165, 1.54) is 0 Å². The van der Waals surface area contributed by atoms with Gasteiger partial charge in [-0.15, -0.1) is 0 Å². The van der Waals surface area contributed by atoms with E-state index < -0.39 is 6.04 Å². The zero-order chi connectivity index (χ0) is 13.8. The number of carbonyl (C=O) groups excluding carboxylic acids is 2. The molecule has 1 atom stereocenters. The maximum Gasteiger partial charge on any atom is 0.275 e. The number of nitrogens with zero attached hydrogens (tertiary/aromatic N) is 3. The summed E-state index contributed by atoms with van der Waals surface area (Å²) in [5.41, 5.74) is 0.374. The predicted molar refractivity (Wildman–Crippen MR) is 69.6 cm³/mol. The summed E-state index contributed by atoms with van der Waals surface area (Å²) < 4.78 is 1.58.